The van der Waals surface area contributed by atoms with Gasteiger partial charge in [0, 0.05) is 17.8 Å². The van der Waals surface area contributed by atoms with E-state index in [-0.39, 0.29) is 22.4 Å². The van der Waals surface area contributed by atoms with Crippen LogP contribution in [-0.2, 0) is 0 Å². The number of aromatic carboxylic acids is 1. The van der Waals surface area contributed by atoms with E-state index in [9.17, 15) is 18.8 Å². The molecule has 2 aromatic heterocycles. The molecule has 3 rings (SSSR count). The van der Waals surface area contributed by atoms with Crippen LogP contribution in [0.15, 0.2) is 42.9 Å². The minimum absolute atomic E-state index is 0.00816. The Hall–Kier alpha value is -3.60. The van der Waals surface area contributed by atoms with Crippen molar-refractivity contribution in [2.75, 3.05) is 0 Å². The molecule has 8 heteroatoms. The Kier molecular flexibility index (Phi) is 3.75. The van der Waals surface area contributed by atoms with E-state index in [1.54, 1.807) is 0 Å². The monoisotopic (exact) mass is 326 g/mol. The highest BCUT2D eigenvalue weighted by Gasteiger charge is 2.15. The molecule has 0 saturated carbocycles. The summed E-state index contributed by atoms with van der Waals surface area (Å²) >= 11 is 0. The molecule has 0 radical (unpaired) electrons. The summed E-state index contributed by atoms with van der Waals surface area (Å²) in [6, 6.07) is 6.26. The number of pyridine rings is 1. The Bertz CT molecular complexity index is 992. The Labute approximate surface area is 134 Å². The number of carboxylic acids is 1. The van der Waals surface area contributed by atoms with E-state index < -0.39 is 17.6 Å². The molecule has 0 aliphatic rings. The molecule has 0 bridgehead atoms. The topological polar surface area (TPSA) is 91.8 Å². The summed E-state index contributed by atoms with van der Waals surface area (Å²) in [7, 11) is 0. The maximum Gasteiger partial charge on any atom is 0.338 e. The molecule has 0 saturated heterocycles. The Morgan fingerprint density at radius 1 is 1.25 bits per heavy atom. The van der Waals surface area contributed by atoms with Crippen LogP contribution in [0.2, 0.25) is 0 Å². The van der Waals surface area contributed by atoms with Gasteiger partial charge in [0.1, 0.15) is 17.7 Å². The third kappa shape index (κ3) is 2.70. The second-order valence-electron chi connectivity index (χ2n) is 4.80. The van der Waals surface area contributed by atoms with Crippen molar-refractivity contribution in [3.8, 4) is 23.0 Å². The number of hydrogen-bond acceptors (Lipinski definition) is 4. The predicted molar refractivity (Wildman–Crippen MR) is 78.4 cm³/mol. The fourth-order valence-electron chi connectivity index (χ4n) is 2.13. The van der Waals surface area contributed by atoms with E-state index in [0.29, 0.717) is 11.8 Å². The molecule has 0 aliphatic heterocycles. The lowest BCUT2D eigenvalue weighted by Gasteiger charge is -2.07. The number of rotatable bonds is 3. The van der Waals surface area contributed by atoms with Gasteiger partial charge in [-0.2, -0.15) is 10.4 Å². The maximum absolute atomic E-state index is 13.9. The van der Waals surface area contributed by atoms with Gasteiger partial charge in [-0.3, -0.25) is 4.98 Å². The Morgan fingerprint density at radius 3 is 2.67 bits per heavy atom. The summed E-state index contributed by atoms with van der Waals surface area (Å²) < 4.78 is 28.1. The van der Waals surface area contributed by atoms with Crippen molar-refractivity contribution in [2.45, 2.75) is 0 Å². The van der Waals surface area contributed by atoms with Crippen molar-refractivity contribution in [1.82, 2.24) is 14.8 Å². The van der Waals surface area contributed by atoms with Gasteiger partial charge < -0.3 is 5.11 Å². The van der Waals surface area contributed by atoms with Gasteiger partial charge in [-0.25, -0.2) is 18.3 Å². The van der Waals surface area contributed by atoms with E-state index in [1.165, 1.54) is 29.2 Å². The van der Waals surface area contributed by atoms with Crippen LogP contribution in [0.3, 0.4) is 0 Å². The van der Waals surface area contributed by atoms with Crippen molar-refractivity contribution in [1.29, 1.82) is 5.26 Å². The summed E-state index contributed by atoms with van der Waals surface area (Å²) in [5.74, 6) is -2.71. The van der Waals surface area contributed by atoms with Gasteiger partial charge in [-0.15, -0.1) is 0 Å². The molecule has 3 aromatic rings. The first-order valence-electron chi connectivity index (χ1n) is 6.63. The van der Waals surface area contributed by atoms with E-state index in [4.69, 9.17) is 5.11 Å². The summed E-state index contributed by atoms with van der Waals surface area (Å²) in [6.45, 7) is 0. The quantitative estimate of drug-likeness (QED) is 0.799. The number of benzene rings is 1. The summed E-state index contributed by atoms with van der Waals surface area (Å²) in [5.41, 5.74) is 0.411. The summed E-state index contributed by atoms with van der Waals surface area (Å²) in [4.78, 5) is 14.9. The minimum Gasteiger partial charge on any atom is -0.478 e. The Morgan fingerprint density at radius 2 is 2.04 bits per heavy atom. The van der Waals surface area contributed by atoms with Gasteiger partial charge in [0.05, 0.1) is 34.9 Å². The zero-order chi connectivity index (χ0) is 17.3. The van der Waals surface area contributed by atoms with Crippen molar-refractivity contribution < 1.29 is 18.7 Å². The fraction of sp³-hybridized carbons (Fsp3) is 0. The molecule has 0 fully saturated rings. The Balaban J connectivity index is 2.08. The first-order chi connectivity index (χ1) is 11.5. The van der Waals surface area contributed by atoms with Gasteiger partial charge in [-0.05, 0) is 18.2 Å². The third-order valence-electron chi connectivity index (χ3n) is 3.27. The largest absolute Gasteiger partial charge is 0.478 e. The van der Waals surface area contributed by atoms with Crippen LogP contribution < -0.4 is 0 Å². The number of aromatic nitrogens is 3. The highest BCUT2D eigenvalue weighted by molar-refractivity contribution is 5.87. The normalized spacial score (nSPS) is 10.4. The van der Waals surface area contributed by atoms with Crippen molar-refractivity contribution in [3.63, 3.8) is 0 Å². The molecular formula is C16H8F2N4O2. The van der Waals surface area contributed by atoms with Crippen molar-refractivity contribution >= 4 is 5.97 Å². The van der Waals surface area contributed by atoms with Crippen LogP contribution >= 0.6 is 0 Å². The average molecular weight is 326 g/mol. The van der Waals surface area contributed by atoms with E-state index in [0.717, 1.165) is 12.3 Å². The SMILES string of the molecule is N#Cc1cc(-n2cc(C(=O)O)cn2)cnc1-c1ccc(F)cc1F. The lowest BCUT2D eigenvalue weighted by Crippen LogP contribution is -2.00. The molecule has 118 valence electrons. The number of nitriles is 1. The zero-order valence-corrected chi connectivity index (χ0v) is 11.9. The molecule has 0 spiro atoms. The third-order valence-corrected chi connectivity index (χ3v) is 3.27. The fourth-order valence-corrected chi connectivity index (χ4v) is 2.13. The van der Waals surface area contributed by atoms with Gasteiger partial charge in [0.2, 0.25) is 0 Å². The highest BCUT2D eigenvalue weighted by Crippen LogP contribution is 2.26. The first-order valence-corrected chi connectivity index (χ1v) is 6.63. The van der Waals surface area contributed by atoms with Crippen LogP contribution in [-0.4, -0.2) is 25.8 Å². The van der Waals surface area contributed by atoms with Crippen LogP contribution in [0.5, 0.6) is 0 Å². The summed E-state index contributed by atoms with van der Waals surface area (Å²) in [6.07, 6.45) is 3.73. The van der Waals surface area contributed by atoms with Gasteiger partial charge in [0.25, 0.3) is 0 Å². The molecule has 0 amide bonds. The predicted octanol–water partition coefficient (Wildman–Crippen LogP) is 2.78. The standard InChI is InChI=1S/C16H8F2N4O2/c17-11-1-2-13(14(18)4-11)15-9(5-19)3-12(7-20-15)22-8-10(6-21-22)16(23)24/h1-4,6-8H,(H,23,24). The second-order valence-corrected chi connectivity index (χ2v) is 4.80. The van der Waals surface area contributed by atoms with Gasteiger partial charge >= 0.3 is 5.97 Å². The molecule has 0 unspecified atom stereocenters. The molecular weight excluding hydrogens is 318 g/mol. The first kappa shape index (κ1) is 15.3. The van der Waals surface area contributed by atoms with E-state index in [2.05, 4.69) is 10.1 Å². The highest BCUT2D eigenvalue weighted by atomic mass is 19.1. The summed E-state index contributed by atoms with van der Waals surface area (Å²) in [5, 5.41) is 22.1. The van der Waals surface area contributed by atoms with E-state index in [1.807, 2.05) is 6.07 Å². The van der Waals surface area contributed by atoms with Crippen LogP contribution in [0.1, 0.15) is 15.9 Å². The molecule has 24 heavy (non-hydrogen) atoms. The lowest BCUT2D eigenvalue weighted by atomic mass is 10.1. The van der Waals surface area contributed by atoms with Crippen LogP contribution in [0.4, 0.5) is 8.78 Å². The number of carbonyl (C=O) groups is 1. The molecule has 1 aromatic carbocycles. The van der Waals surface area contributed by atoms with Crippen molar-refractivity contribution in [2.24, 2.45) is 0 Å². The molecule has 6 nitrogen and oxygen atoms in total. The average Bonchev–Trinajstić information content (AvgIpc) is 3.05. The van der Waals surface area contributed by atoms with Gasteiger partial charge in [0.15, 0.2) is 0 Å². The van der Waals surface area contributed by atoms with Crippen LogP contribution in [0.25, 0.3) is 16.9 Å². The lowest BCUT2D eigenvalue weighted by molar-refractivity contribution is 0.0697. The molecule has 0 aliphatic carbocycles. The number of nitrogens with zero attached hydrogens (tertiary/aromatic N) is 4. The minimum atomic E-state index is -1.14. The zero-order valence-electron chi connectivity index (χ0n) is 11.9. The van der Waals surface area contributed by atoms with Crippen molar-refractivity contribution in [3.05, 3.63) is 65.6 Å². The number of halogens is 2. The number of carboxylic acid groups (broad SMARTS) is 1. The molecule has 2 heterocycles. The number of hydrogen-bond donors (Lipinski definition) is 1. The van der Waals surface area contributed by atoms with Gasteiger partial charge in [-0.1, -0.05) is 0 Å². The molecule has 0 atom stereocenters. The molecule has 1 N–H and O–H groups in total. The second kappa shape index (κ2) is 5.89. The van der Waals surface area contributed by atoms with Crippen LogP contribution in [0, 0.1) is 23.0 Å². The smallest absolute Gasteiger partial charge is 0.338 e. The maximum atomic E-state index is 13.9. The van der Waals surface area contributed by atoms with E-state index >= 15 is 0 Å².